The van der Waals surface area contributed by atoms with Crippen LogP contribution in [0.2, 0.25) is 0 Å². The van der Waals surface area contributed by atoms with E-state index in [1.54, 1.807) is 18.4 Å². The highest BCUT2D eigenvalue weighted by atomic mass is 16.2. The highest BCUT2D eigenvalue weighted by Crippen LogP contribution is 2.38. The zero-order chi connectivity index (χ0) is 13.8. The lowest BCUT2D eigenvalue weighted by molar-refractivity contribution is -0.117. The Morgan fingerprint density at radius 1 is 1.53 bits per heavy atom. The van der Waals surface area contributed by atoms with Crippen LogP contribution in [0.25, 0.3) is 6.08 Å². The Balaban J connectivity index is 2.14. The zero-order valence-corrected chi connectivity index (χ0v) is 11.0. The number of nitrogens with one attached hydrogen (secondary N) is 1. The van der Waals surface area contributed by atoms with Crippen molar-refractivity contribution in [2.75, 3.05) is 5.32 Å². The maximum Gasteiger partial charge on any atom is 0.228 e. The molecular weight excluding hydrogens is 238 g/mol. The number of carbonyl (C=O) groups excluding carboxylic acids is 1. The highest BCUT2D eigenvalue weighted by Gasteiger charge is 2.39. The molecule has 0 bridgehead atoms. The van der Waals surface area contributed by atoms with Gasteiger partial charge in [-0.15, -0.1) is 0 Å². The third-order valence-electron chi connectivity index (χ3n) is 3.17. The van der Waals surface area contributed by atoms with E-state index < -0.39 is 0 Å². The van der Waals surface area contributed by atoms with E-state index in [1.165, 1.54) is 6.20 Å². The Bertz CT molecular complexity index is 548. The van der Waals surface area contributed by atoms with Gasteiger partial charge < -0.3 is 5.32 Å². The van der Waals surface area contributed by atoms with Crippen LogP contribution in [-0.4, -0.2) is 17.1 Å². The van der Waals surface area contributed by atoms with Crippen molar-refractivity contribution in [1.82, 2.24) is 4.98 Å². The summed E-state index contributed by atoms with van der Waals surface area (Å²) in [5.74, 6) is 1.21. The normalized spacial score (nSPS) is 21.1. The van der Waals surface area contributed by atoms with E-state index in [0.717, 1.165) is 12.0 Å². The van der Waals surface area contributed by atoms with Crippen LogP contribution in [0, 0.1) is 11.8 Å². The van der Waals surface area contributed by atoms with Crippen LogP contribution in [-0.2, 0) is 4.79 Å². The summed E-state index contributed by atoms with van der Waals surface area (Å²) < 4.78 is 0. The Kier molecular flexibility index (Phi) is 3.90. The SMILES string of the molecule is C=CN=Cc1ccc(NC(=O)C2CC2C)nc1C=C. The molecule has 2 atom stereocenters. The zero-order valence-electron chi connectivity index (χ0n) is 11.0. The first-order chi connectivity index (χ1) is 9.15. The fourth-order valence-electron chi connectivity index (χ4n) is 1.87. The van der Waals surface area contributed by atoms with Gasteiger partial charge in [0, 0.05) is 23.9 Å². The molecule has 2 unspecified atom stereocenters. The largest absolute Gasteiger partial charge is 0.310 e. The van der Waals surface area contributed by atoms with Gasteiger partial charge in [-0.25, -0.2) is 4.98 Å². The minimum absolute atomic E-state index is 0.0440. The van der Waals surface area contributed by atoms with Gasteiger partial charge in [0.1, 0.15) is 5.82 Å². The number of anilines is 1. The van der Waals surface area contributed by atoms with Crippen molar-refractivity contribution in [3.8, 4) is 0 Å². The van der Waals surface area contributed by atoms with Crippen LogP contribution in [0.5, 0.6) is 0 Å². The van der Waals surface area contributed by atoms with Crippen LogP contribution in [0.1, 0.15) is 24.6 Å². The molecule has 1 aromatic heterocycles. The average molecular weight is 255 g/mol. The number of nitrogens with zero attached hydrogens (tertiary/aromatic N) is 2. The van der Waals surface area contributed by atoms with Gasteiger partial charge in [-0.2, -0.15) is 0 Å². The second kappa shape index (κ2) is 5.61. The molecule has 1 amide bonds. The molecule has 0 aliphatic heterocycles. The predicted octanol–water partition coefficient (Wildman–Crippen LogP) is 2.88. The molecule has 1 aliphatic rings. The van der Waals surface area contributed by atoms with Crippen LogP contribution in [0.15, 0.2) is 36.5 Å². The second-order valence-electron chi connectivity index (χ2n) is 4.64. The van der Waals surface area contributed by atoms with Crippen molar-refractivity contribution in [3.05, 3.63) is 42.7 Å². The van der Waals surface area contributed by atoms with Crippen LogP contribution >= 0.6 is 0 Å². The predicted molar refractivity (Wildman–Crippen MR) is 78.0 cm³/mol. The van der Waals surface area contributed by atoms with E-state index in [4.69, 9.17) is 0 Å². The number of aromatic nitrogens is 1. The standard InChI is InChI=1S/C15H17N3O/c1-4-13-11(9-16-5-2)6-7-14(17-13)18-15(19)12-8-10(12)3/h4-7,9-10,12H,1-2,8H2,3H3,(H,17,18,19). The third-order valence-corrected chi connectivity index (χ3v) is 3.17. The summed E-state index contributed by atoms with van der Waals surface area (Å²) >= 11 is 0. The summed E-state index contributed by atoms with van der Waals surface area (Å²) in [7, 11) is 0. The maximum absolute atomic E-state index is 11.8. The molecule has 0 saturated heterocycles. The molecular formula is C15H17N3O. The summed E-state index contributed by atoms with van der Waals surface area (Å²) in [6, 6.07) is 3.62. The maximum atomic E-state index is 11.8. The van der Waals surface area contributed by atoms with Crippen molar-refractivity contribution in [1.29, 1.82) is 0 Å². The minimum Gasteiger partial charge on any atom is -0.310 e. The Morgan fingerprint density at radius 2 is 2.26 bits per heavy atom. The Morgan fingerprint density at radius 3 is 2.84 bits per heavy atom. The number of hydrogen-bond donors (Lipinski definition) is 1. The van der Waals surface area contributed by atoms with Crippen LogP contribution in [0.3, 0.4) is 0 Å². The van der Waals surface area contributed by atoms with E-state index in [2.05, 4.69) is 35.4 Å². The molecule has 98 valence electrons. The van der Waals surface area contributed by atoms with Gasteiger partial charge in [-0.05, 0) is 30.5 Å². The quantitative estimate of drug-likeness (QED) is 0.822. The number of aliphatic imine (C=N–C) groups is 1. The van der Waals surface area contributed by atoms with E-state index in [-0.39, 0.29) is 11.8 Å². The topological polar surface area (TPSA) is 54.4 Å². The lowest BCUT2D eigenvalue weighted by Crippen LogP contribution is -2.15. The van der Waals surface area contributed by atoms with E-state index in [1.807, 2.05) is 6.07 Å². The van der Waals surface area contributed by atoms with Gasteiger partial charge in [-0.3, -0.25) is 9.79 Å². The van der Waals surface area contributed by atoms with E-state index in [0.29, 0.717) is 17.4 Å². The molecule has 1 heterocycles. The fourth-order valence-corrected chi connectivity index (χ4v) is 1.87. The Hall–Kier alpha value is -2.23. The number of carbonyl (C=O) groups is 1. The molecule has 4 heteroatoms. The molecule has 0 spiro atoms. The minimum atomic E-state index is 0.0440. The molecule has 1 aromatic rings. The molecule has 1 aliphatic carbocycles. The van der Waals surface area contributed by atoms with Crippen molar-refractivity contribution in [2.45, 2.75) is 13.3 Å². The van der Waals surface area contributed by atoms with Crippen molar-refractivity contribution < 1.29 is 4.79 Å². The average Bonchev–Trinajstić information content (AvgIpc) is 3.14. The molecule has 19 heavy (non-hydrogen) atoms. The molecule has 4 nitrogen and oxygen atoms in total. The first kappa shape index (κ1) is 13.2. The van der Waals surface area contributed by atoms with Gasteiger partial charge in [0.25, 0.3) is 0 Å². The van der Waals surface area contributed by atoms with Crippen LogP contribution in [0.4, 0.5) is 5.82 Å². The number of amides is 1. The van der Waals surface area contributed by atoms with Crippen molar-refractivity contribution in [2.24, 2.45) is 16.8 Å². The smallest absolute Gasteiger partial charge is 0.228 e. The van der Waals surface area contributed by atoms with Gasteiger partial charge in [-0.1, -0.05) is 20.1 Å². The highest BCUT2D eigenvalue weighted by molar-refractivity contribution is 5.94. The second-order valence-corrected chi connectivity index (χ2v) is 4.64. The molecule has 1 fully saturated rings. The summed E-state index contributed by atoms with van der Waals surface area (Å²) in [6.45, 7) is 9.31. The van der Waals surface area contributed by atoms with Gasteiger partial charge >= 0.3 is 0 Å². The first-order valence-electron chi connectivity index (χ1n) is 6.24. The monoisotopic (exact) mass is 255 g/mol. The summed E-state index contributed by atoms with van der Waals surface area (Å²) in [5, 5.41) is 2.83. The molecule has 1 N–H and O–H groups in total. The van der Waals surface area contributed by atoms with Gasteiger partial charge in [0.2, 0.25) is 5.91 Å². The van der Waals surface area contributed by atoms with Gasteiger partial charge in [0.05, 0.1) is 5.69 Å². The van der Waals surface area contributed by atoms with Crippen LogP contribution < -0.4 is 5.32 Å². The Labute approximate surface area is 113 Å². The molecule has 2 rings (SSSR count). The molecule has 0 radical (unpaired) electrons. The summed E-state index contributed by atoms with van der Waals surface area (Å²) in [4.78, 5) is 20.1. The van der Waals surface area contributed by atoms with Gasteiger partial charge in [0.15, 0.2) is 0 Å². The van der Waals surface area contributed by atoms with Crippen molar-refractivity contribution >= 4 is 24.0 Å². The number of hydrogen-bond acceptors (Lipinski definition) is 3. The lowest BCUT2D eigenvalue weighted by Gasteiger charge is -2.06. The van der Waals surface area contributed by atoms with E-state index >= 15 is 0 Å². The third kappa shape index (κ3) is 3.16. The number of rotatable bonds is 5. The molecule has 0 aromatic carbocycles. The van der Waals surface area contributed by atoms with E-state index in [9.17, 15) is 4.79 Å². The number of pyridine rings is 1. The summed E-state index contributed by atoms with van der Waals surface area (Å²) in [5.41, 5.74) is 1.53. The lowest BCUT2D eigenvalue weighted by atomic mass is 10.2. The summed E-state index contributed by atoms with van der Waals surface area (Å²) in [6.07, 6.45) is 5.71. The first-order valence-corrected chi connectivity index (χ1v) is 6.24. The van der Waals surface area contributed by atoms with Crippen molar-refractivity contribution in [3.63, 3.8) is 0 Å². The molecule has 1 saturated carbocycles. The fraction of sp³-hybridized carbons (Fsp3) is 0.267.